The van der Waals surface area contributed by atoms with Crippen LogP contribution in [-0.4, -0.2) is 24.1 Å². The summed E-state index contributed by atoms with van der Waals surface area (Å²) in [7, 11) is 3.63. The Morgan fingerprint density at radius 2 is 1.77 bits per heavy atom. The SMILES string of the molecule is COc1ccc(N(C)c2nc(C)nc3oc(C)cc23)cc1.Cl. The van der Waals surface area contributed by atoms with Crippen molar-refractivity contribution in [3.63, 3.8) is 0 Å². The van der Waals surface area contributed by atoms with Gasteiger partial charge in [-0.15, -0.1) is 12.4 Å². The third kappa shape index (κ3) is 2.85. The molecule has 0 N–H and O–H groups in total. The number of aryl methyl sites for hydroxylation is 2. The molecule has 3 rings (SSSR count). The van der Waals surface area contributed by atoms with E-state index in [-0.39, 0.29) is 12.4 Å². The van der Waals surface area contributed by atoms with Gasteiger partial charge in [0.05, 0.1) is 12.5 Å². The van der Waals surface area contributed by atoms with Gasteiger partial charge in [0.15, 0.2) is 0 Å². The van der Waals surface area contributed by atoms with Crippen molar-refractivity contribution in [1.29, 1.82) is 0 Å². The van der Waals surface area contributed by atoms with E-state index in [1.807, 2.05) is 56.1 Å². The lowest BCUT2D eigenvalue weighted by atomic mass is 10.2. The zero-order valence-corrected chi connectivity index (χ0v) is 13.8. The van der Waals surface area contributed by atoms with Gasteiger partial charge in [-0.05, 0) is 44.2 Å². The topological polar surface area (TPSA) is 51.4 Å². The molecule has 0 unspecified atom stereocenters. The van der Waals surface area contributed by atoms with E-state index < -0.39 is 0 Å². The number of hydrogen-bond donors (Lipinski definition) is 0. The minimum absolute atomic E-state index is 0. The summed E-state index contributed by atoms with van der Waals surface area (Å²) in [4.78, 5) is 10.9. The van der Waals surface area contributed by atoms with Gasteiger partial charge >= 0.3 is 0 Å². The summed E-state index contributed by atoms with van der Waals surface area (Å²) >= 11 is 0. The van der Waals surface area contributed by atoms with E-state index in [1.165, 1.54) is 0 Å². The van der Waals surface area contributed by atoms with Crippen LogP contribution in [0.1, 0.15) is 11.6 Å². The number of rotatable bonds is 3. The number of methoxy groups -OCH3 is 1. The number of furan rings is 1. The highest BCUT2D eigenvalue weighted by atomic mass is 35.5. The van der Waals surface area contributed by atoms with Crippen molar-refractivity contribution in [3.8, 4) is 5.75 Å². The molecule has 1 aromatic carbocycles. The molecule has 0 fully saturated rings. The van der Waals surface area contributed by atoms with E-state index in [4.69, 9.17) is 9.15 Å². The third-order valence-corrected chi connectivity index (χ3v) is 3.39. The van der Waals surface area contributed by atoms with Gasteiger partial charge in [0.25, 0.3) is 0 Å². The smallest absolute Gasteiger partial charge is 0.231 e. The van der Waals surface area contributed by atoms with Gasteiger partial charge in [0.2, 0.25) is 5.71 Å². The predicted octanol–water partition coefficient (Wildman–Crippen LogP) is 4.04. The molecule has 3 aromatic rings. The molecule has 2 aromatic heterocycles. The minimum Gasteiger partial charge on any atom is -0.497 e. The largest absolute Gasteiger partial charge is 0.497 e. The van der Waals surface area contributed by atoms with Crippen LogP contribution < -0.4 is 9.64 Å². The van der Waals surface area contributed by atoms with Crippen molar-refractivity contribution in [1.82, 2.24) is 9.97 Å². The summed E-state index contributed by atoms with van der Waals surface area (Å²) in [6, 6.07) is 9.81. The Kier molecular flexibility index (Phi) is 4.56. The number of hydrogen-bond acceptors (Lipinski definition) is 5. The summed E-state index contributed by atoms with van der Waals surface area (Å²) in [5.74, 6) is 3.18. The Morgan fingerprint density at radius 3 is 2.41 bits per heavy atom. The lowest BCUT2D eigenvalue weighted by molar-refractivity contribution is 0.415. The second-order valence-electron chi connectivity index (χ2n) is 4.93. The first-order valence-electron chi connectivity index (χ1n) is 6.71. The molecule has 6 heteroatoms. The van der Waals surface area contributed by atoms with E-state index in [9.17, 15) is 0 Å². The standard InChI is InChI=1S/C16H17N3O2.ClH/c1-10-9-14-15(17-11(2)18-16(14)21-10)19(3)12-5-7-13(20-4)8-6-12;/h5-9H,1-4H3;1H. The van der Waals surface area contributed by atoms with Crippen molar-refractivity contribution in [2.45, 2.75) is 13.8 Å². The monoisotopic (exact) mass is 319 g/mol. The van der Waals surface area contributed by atoms with Crippen LogP contribution in [0, 0.1) is 13.8 Å². The molecule has 0 amide bonds. The normalized spacial score (nSPS) is 10.4. The first-order chi connectivity index (χ1) is 10.1. The molecule has 0 saturated heterocycles. The molecule has 0 bridgehead atoms. The second-order valence-corrected chi connectivity index (χ2v) is 4.93. The van der Waals surface area contributed by atoms with Crippen LogP contribution in [0.25, 0.3) is 11.1 Å². The molecule has 0 aliphatic rings. The molecule has 0 aliphatic carbocycles. The second kappa shape index (κ2) is 6.23. The maximum Gasteiger partial charge on any atom is 0.231 e. The molecular weight excluding hydrogens is 302 g/mol. The van der Waals surface area contributed by atoms with Gasteiger partial charge < -0.3 is 14.1 Å². The highest BCUT2D eigenvalue weighted by molar-refractivity contribution is 5.89. The molecule has 2 heterocycles. The maximum absolute atomic E-state index is 5.61. The first-order valence-corrected chi connectivity index (χ1v) is 6.71. The fourth-order valence-corrected chi connectivity index (χ4v) is 2.31. The van der Waals surface area contributed by atoms with Gasteiger partial charge in [0.1, 0.15) is 23.2 Å². The number of ether oxygens (including phenoxy) is 1. The van der Waals surface area contributed by atoms with Crippen LogP contribution in [0.15, 0.2) is 34.7 Å². The molecule has 0 spiro atoms. The first kappa shape index (κ1) is 16.1. The average molecular weight is 320 g/mol. The van der Waals surface area contributed by atoms with Gasteiger partial charge in [0, 0.05) is 12.7 Å². The molecule has 116 valence electrons. The van der Waals surface area contributed by atoms with Gasteiger partial charge in [-0.25, -0.2) is 4.98 Å². The third-order valence-electron chi connectivity index (χ3n) is 3.39. The maximum atomic E-state index is 5.61. The Hall–Kier alpha value is -2.27. The molecule has 0 saturated carbocycles. The molecule has 0 aliphatic heterocycles. The van der Waals surface area contributed by atoms with Crippen LogP contribution in [0.3, 0.4) is 0 Å². The summed E-state index contributed by atoms with van der Waals surface area (Å²) in [6.45, 7) is 3.77. The highest BCUT2D eigenvalue weighted by Crippen LogP contribution is 2.31. The van der Waals surface area contributed by atoms with Crippen LogP contribution in [0.4, 0.5) is 11.5 Å². The van der Waals surface area contributed by atoms with Crippen molar-refractivity contribution in [2.24, 2.45) is 0 Å². The number of nitrogens with zero attached hydrogens (tertiary/aromatic N) is 3. The van der Waals surface area contributed by atoms with Crippen LogP contribution in [-0.2, 0) is 0 Å². The van der Waals surface area contributed by atoms with Crippen molar-refractivity contribution in [2.75, 3.05) is 19.1 Å². The number of benzene rings is 1. The Balaban J connectivity index is 0.00000176. The molecular formula is C16H18ClN3O2. The summed E-state index contributed by atoms with van der Waals surface area (Å²) in [5, 5.41) is 0.913. The number of anilines is 2. The van der Waals surface area contributed by atoms with Crippen molar-refractivity contribution >= 4 is 35.0 Å². The van der Waals surface area contributed by atoms with E-state index >= 15 is 0 Å². The molecule has 0 radical (unpaired) electrons. The van der Waals surface area contributed by atoms with Crippen molar-refractivity contribution < 1.29 is 9.15 Å². The summed E-state index contributed by atoms with van der Waals surface area (Å²) in [5.41, 5.74) is 1.64. The minimum atomic E-state index is 0. The van der Waals surface area contributed by atoms with Gasteiger partial charge in [-0.2, -0.15) is 4.98 Å². The highest BCUT2D eigenvalue weighted by Gasteiger charge is 2.15. The van der Waals surface area contributed by atoms with Crippen LogP contribution in [0.5, 0.6) is 5.75 Å². The van der Waals surface area contributed by atoms with Crippen LogP contribution in [0.2, 0.25) is 0 Å². The predicted molar refractivity (Wildman–Crippen MR) is 89.6 cm³/mol. The van der Waals surface area contributed by atoms with Gasteiger partial charge in [-0.1, -0.05) is 0 Å². The van der Waals surface area contributed by atoms with Crippen LogP contribution >= 0.6 is 12.4 Å². The quantitative estimate of drug-likeness (QED) is 0.729. The average Bonchev–Trinajstić information content (AvgIpc) is 2.85. The summed E-state index contributed by atoms with van der Waals surface area (Å²) in [6.07, 6.45) is 0. The van der Waals surface area contributed by atoms with E-state index in [2.05, 4.69) is 9.97 Å². The van der Waals surface area contributed by atoms with Gasteiger partial charge in [-0.3, -0.25) is 0 Å². The zero-order chi connectivity index (χ0) is 15.0. The van der Waals surface area contributed by atoms with E-state index in [0.717, 1.165) is 28.4 Å². The van der Waals surface area contributed by atoms with E-state index in [0.29, 0.717) is 11.5 Å². The zero-order valence-electron chi connectivity index (χ0n) is 13.0. The lowest BCUT2D eigenvalue weighted by Crippen LogP contribution is -2.12. The van der Waals surface area contributed by atoms with Crippen molar-refractivity contribution in [3.05, 3.63) is 41.9 Å². The molecule has 0 atom stereocenters. The Labute approximate surface area is 135 Å². The fourth-order valence-electron chi connectivity index (χ4n) is 2.31. The fraction of sp³-hybridized carbons (Fsp3) is 0.250. The molecule has 5 nitrogen and oxygen atoms in total. The Bertz CT molecular complexity index is 784. The number of halogens is 1. The number of fused-ring (bicyclic) bond motifs is 1. The number of aromatic nitrogens is 2. The van der Waals surface area contributed by atoms with E-state index in [1.54, 1.807) is 7.11 Å². The summed E-state index contributed by atoms with van der Waals surface area (Å²) < 4.78 is 10.8. The Morgan fingerprint density at radius 1 is 1.09 bits per heavy atom. The molecule has 22 heavy (non-hydrogen) atoms. The lowest BCUT2D eigenvalue weighted by Gasteiger charge is -2.19.